The van der Waals surface area contributed by atoms with E-state index in [2.05, 4.69) is 11.4 Å². The average molecular weight is 355 g/mol. The van der Waals surface area contributed by atoms with Crippen LogP contribution in [-0.2, 0) is 11.2 Å². The molecule has 0 fully saturated rings. The number of hydrogen-bond donors (Lipinski definition) is 1. The van der Waals surface area contributed by atoms with Crippen molar-refractivity contribution in [1.82, 2.24) is 5.32 Å². The lowest BCUT2D eigenvalue weighted by Gasteiger charge is -2.17. The molecule has 0 saturated carbocycles. The maximum absolute atomic E-state index is 12.3. The van der Waals surface area contributed by atoms with Gasteiger partial charge in [0.05, 0.1) is 6.61 Å². The van der Waals surface area contributed by atoms with Crippen LogP contribution in [0.25, 0.3) is 0 Å². The first-order chi connectivity index (χ1) is 12.5. The average Bonchev–Trinajstić information content (AvgIpc) is 2.63. The number of hydrogen-bond acceptors (Lipinski definition) is 3. The highest BCUT2D eigenvalue weighted by atomic mass is 16.5. The molecule has 0 spiro atoms. The van der Waals surface area contributed by atoms with E-state index in [0.29, 0.717) is 13.2 Å². The number of carbonyl (C=O) groups is 1. The number of carbonyl (C=O) groups excluding carboxylic acids is 1. The van der Waals surface area contributed by atoms with E-state index in [1.807, 2.05) is 57.2 Å². The van der Waals surface area contributed by atoms with Crippen LogP contribution in [0.5, 0.6) is 11.5 Å². The number of rotatable bonds is 9. The smallest absolute Gasteiger partial charge is 0.260 e. The van der Waals surface area contributed by atoms with Gasteiger partial charge in [-0.1, -0.05) is 30.3 Å². The Labute approximate surface area is 156 Å². The third-order valence-corrected chi connectivity index (χ3v) is 4.21. The van der Waals surface area contributed by atoms with E-state index >= 15 is 0 Å². The summed E-state index contributed by atoms with van der Waals surface area (Å²) in [5.41, 5.74) is 3.32. The Hall–Kier alpha value is -2.49. The molecule has 0 radical (unpaired) electrons. The van der Waals surface area contributed by atoms with E-state index in [1.54, 1.807) is 6.92 Å². The molecule has 4 heteroatoms. The molecule has 1 N–H and O–H groups in total. The summed E-state index contributed by atoms with van der Waals surface area (Å²) < 4.78 is 11.5. The number of amides is 1. The number of aryl methyl sites for hydroxylation is 3. The van der Waals surface area contributed by atoms with Gasteiger partial charge in [-0.05, 0) is 69.4 Å². The van der Waals surface area contributed by atoms with Gasteiger partial charge in [0, 0.05) is 6.54 Å². The van der Waals surface area contributed by atoms with Gasteiger partial charge in [0.25, 0.3) is 5.91 Å². The second-order valence-corrected chi connectivity index (χ2v) is 6.46. The number of benzene rings is 2. The normalized spacial score (nSPS) is 11.7. The molecule has 4 nitrogen and oxygen atoms in total. The minimum atomic E-state index is -0.522. The van der Waals surface area contributed by atoms with E-state index in [0.717, 1.165) is 35.5 Å². The maximum atomic E-state index is 12.3. The molecule has 0 heterocycles. The van der Waals surface area contributed by atoms with Gasteiger partial charge >= 0.3 is 0 Å². The molecule has 2 aromatic carbocycles. The first-order valence-corrected chi connectivity index (χ1v) is 9.23. The third kappa shape index (κ3) is 5.80. The van der Waals surface area contributed by atoms with Gasteiger partial charge in [-0.15, -0.1) is 0 Å². The fourth-order valence-corrected chi connectivity index (χ4v) is 2.72. The van der Waals surface area contributed by atoms with Crippen molar-refractivity contribution in [2.45, 2.75) is 46.6 Å². The van der Waals surface area contributed by atoms with Gasteiger partial charge in [0.15, 0.2) is 6.10 Å². The Morgan fingerprint density at radius 3 is 2.65 bits per heavy atom. The number of nitrogens with one attached hydrogen (secondary N) is 1. The standard InChI is InChI=1S/C22H29NO3/c1-5-25-20-11-7-6-9-19(20)10-8-14-23-22(24)18(4)26-21-15-16(2)12-13-17(21)3/h6-7,9,11-13,15,18H,5,8,10,14H2,1-4H3,(H,23,24)/t18-/m0/s1. The first-order valence-electron chi connectivity index (χ1n) is 9.23. The fraction of sp³-hybridized carbons (Fsp3) is 0.409. The Bertz CT molecular complexity index is 727. The van der Waals surface area contributed by atoms with Crippen LogP contribution in [0.2, 0.25) is 0 Å². The Kier molecular flexibility index (Phi) is 7.52. The minimum Gasteiger partial charge on any atom is -0.494 e. The molecule has 1 amide bonds. The van der Waals surface area contributed by atoms with Crippen molar-refractivity contribution in [3.8, 4) is 11.5 Å². The van der Waals surface area contributed by atoms with Crippen molar-refractivity contribution in [2.24, 2.45) is 0 Å². The molecule has 0 aliphatic rings. The van der Waals surface area contributed by atoms with Crippen LogP contribution in [0.3, 0.4) is 0 Å². The van der Waals surface area contributed by atoms with Crippen LogP contribution in [0.4, 0.5) is 0 Å². The van der Waals surface area contributed by atoms with Crippen LogP contribution in [0.15, 0.2) is 42.5 Å². The summed E-state index contributed by atoms with van der Waals surface area (Å²) in [6, 6.07) is 14.0. The molecule has 26 heavy (non-hydrogen) atoms. The second-order valence-electron chi connectivity index (χ2n) is 6.46. The van der Waals surface area contributed by atoms with Crippen LogP contribution in [0, 0.1) is 13.8 Å². The fourth-order valence-electron chi connectivity index (χ4n) is 2.72. The molecule has 0 saturated heterocycles. The van der Waals surface area contributed by atoms with E-state index < -0.39 is 6.10 Å². The monoisotopic (exact) mass is 355 g/mol. The number of para-hydroxylation sites is 1. The zero-order chi connectivity index (χ0) is 18.9. The summed E-state index contributed by atoms with van der Waals surface area (Å²) in [5, 5.41) is 2.95. The largest absolute Gasteiger partial charge is 0.494 e. The summed E-state index contributed by atoms with van der Waals surface area (Å²) in [6.07, 6.45) is 1.19. The minimum absolute atomic E-state index is 0.0935. The molecule has 2 aromatic rings. The highest BCUT2D eigenvalue weighted by Gasteiger charge is 2.15. The molecule has 0 unspecified atom stereocenters. The van der Waals surface area contributed by atoms with Crippen LogP contribution >= 0.6 is 0 Å². The van der Waals surface area contributed by atoms with Gasteiger partial charge in [0.2, 0.25) is 0 Å². The molecule has 140 valence electrons. The van der Waals surface area contributed by atoms with Gasteiger partial charge in [0.1, 0.15) is 11.5 Å². The van der Waals surface area contributed by atoms with Crippen molar-refractivity contribution in [2.75, 3.05) is 13.2 Å². The predicted molar refractivity (Wildman–Crippen MR) is 105 cm³/mol. The molecule has 2 rings (SSSR count). The summed E-state index contributed by atoms with van der Waals surface area (Å²) in [5.74, 6) is 1.59. The lowest BCUT2D eigenvalue weighted by molar-refractivity contribution is -0.127. The second kappa shape index (κ2) is 9.85. The Morgan fingerprint density at radius 2 is 1.88 bits per heavy atom. The zero-order valence-electron chi connectivity index (χ0n) is 16.2. The van der Waals surface area contributed by atoms with Crippen molar-refractivity contribution >= 4 is 5.91 Å². The summed E-state index contributed by atoms with van der Waals surface area (Å²) in [7, 11) is 0. The van der Waals surface area contributed by atoms with E-state index in [-0.39, 0.29) is 5.91 Å². The molecular weight excluding hydrogens is 326 g/mol. The highest BCUT2D eigenvalue weighted by Crippen LogP contribution is 2.21. The van der Waals surface area contributed by atoms with Gasteiger partial charge < -0.3 is 14.8 Å². The first kappa shape index (κ1) is 19.8. The molecule has 0 bridgehead atoms. The van der Waals surface area contributed by atoms with E-state index in [4.69, 9.17) is 9.47 Å². The molecule has 0 aliphatic carbocycles. The van der Waals surface area contributed by atoms with Gasteiger partial charge in [-0.2, -0.15) is 0 Å². The van der Waals surface area contributed by atoms with Crippen LogP contribution < -0.4 is 14.8 Å². The molecular formula is C22H29NO3. The molecule has 0 aromatic heterocycles. The predicted octanol–water partition coefficient (Wildman–Crippen LogP) is 4.22. The summed E-state index contributed by atoms with van der Waals surface area (Å²) in [6.45, 7) is 9.02. The quantitative estimate of drug-likeness (QED) is 0.685. The third-order valence-electron chi connectivity index (χ3n) is 4.21. The summed E-state index contributed by atoms with van der Waals surface area (Å²) in [4.78, 5) is 12.3. The Balaban J connectivity index is 1.79. The van der Waals surface area contributed by atoms with Crippen molar-refractivity contribution in [3.05, 3.63) is 59.2 Å². The van der Waals surface area contributed by atoms with E-state index in [9.17, 15) is 4.79 Å². The Morgan fingerprint density at radius 1 is 1.12 bits per heavy atom. The molecule has 1 atom stereocenters. The maximum Gasteiger partial charge on any atom is 0.260 e. The SMILES string of the molecule is CCOc1ccccc1CCCNC(=O)[C@H](C)Oc1cc(C)ccc1C. The van der Waals surface area contributed by atoms with E-state index in [1.165, 1.54) is 5.56 Å². The lowest BCUT2D eigenvalue weighted by Crippen LogP contribution is -2.37. The highest BCUT2D eigenvalue weighted by molar-refractivity contribution is 5.80. The van der Waals surface area contributed by atoms with Crippen molar-refractivity contribution in [3.63, 3.8) is 0 Å². The van der Waals surface area contributed by atoms with Gasteiger partial charge in [-0.3, -0.25) is 4.79 Å². The zero-order valence-corrected chi connectivity index (χ0v) is 16.2. The van der Waals surface area contributed by atoms with Crippen molar-refractivity contribution in [1.29, 1.82) is 0 Å². The van der Waals surface area contributed by atoms with Crippen LogP contribution in [0.1, 0.15) is 37.0 Å². The number of ether oxygens (including phenoxy) is 2. The van der Waals surface area contributed by atoms with Gasteiger partial charge in [-0.25, -0.2) is 0 Å². The summed E-state index contributed by atoms with van der Waals surface area (Å²) >= 11 is 0. The van der Waals surface area contributed by atoms with Crippen LogP contribution in [-0.4, -0.2) is 25.2 Å². The lowest BCUT2D eigenvalue weighted by atomic mass is 10.1. The van der Waals surface area contributed by atoms with Crippen molar-refractivity contribution < 1.29 is 14.3 Å². The topological polar surface area (TPSA) is 47.6 Å². The molecule has 0 aliphatic heterocycles.